The highest BCUT2D eigenvalue weighted by Crippen LogP contribution is 2.35. The van der Waals surface area contributed by atoms with Gasteiger partial charge in [0.15, 0.2) is 11.5 Å². The number of benzene rings is 2. The SMILES string of the molecule is CCN1c2nc(Oc3cccc(C#N)c3)n(Cc3ccc(Cl)cc3)c2C(=O)N(CCCO)C1O. The molecule has 1 aliphatic heterocycles. The van der Waals surface area contributed by atoms with E-state index in [0.29, 0.717) is 35.1 Å². The van der Waals surface area contributed by atoms with Crippen molar-refractivity contribution in [3.8, 4) is 17.8 Å². The number of aliphatic hydroxyl groups excluding tert-OH is 2. The number of carbonyl (C=O) groups excluding carboxylic acids is 1. The number of nitrogens with zero attached hydrogens (tertiary/aromatic N) is 5. The van der Waals surface area contributed by atoms with Gasteiger partial charge in [0.1, 0.15) is 5.75 Å². The van der Waals surface area contributed by atoms with E-state index in [1.807, 2.05) is 19.1 Å². The van der Waals surface area contributed by atoms with Crippen molar-refractivity contribution in [2.24, 2.45) is 0 Å². The molecular weight excluding hydrogens is 458 g/mol. The number of fused-ring (bicyclic) bond motifs is 1. The number of rotatable bonds is 8. The second kappa shape index (κ2) is 10.1. The van der Waals surface area contributed by atoms with Crippen molar-refractivity contribution in [3.05, 3.63) is 70.4 Å². The first-order chi connectivity index (χ1) is 16.5. The second-order valence-electron chi connectivity index (χ2n) is 7.73. The molecule has 1 aliphatic rings. The first-order valence-electron chi connectivity index (χ1n) is 10.9. The molecule has 0 radical (unpaired) electrons. The smallest absolute Gasteiger partial charge is 0.304 e. The zero-order valence-electron chi connectivity index (χ0n) is 18.6. The first-order valence-corrected chi connectivity index (χ1v) is 11.2. The number of ether oxygens (including phenoxy) is 1. The fourth-order valence-corrected chi connectivity index (χ4v) is 3.98. The molecule has 0 bridgehead atoms. The number of carbonyl (C=O) groups is 1. The number of aliphatic hydroxyl groups is 2. The number of hydrogen-bond donors (Lipinski definition) is 2. The molecule has 2 aromatic carbocycles. The Bertz CT molecular complexity index is 1220. The normalized spacial score (nSPS) is 15.3. The maximum atomic E-state index is 13.5. The average Bonchev–Trinajstić information content (AvgIpc) is 3.18. The van der Waals surface area contributed by atoms with Crippen LogP contribution >= 0.6 is 11.6 Å². The van der Waals surface area contributed by atoms with E-state index in [1.54, 1.807) is 45.9 Å². The zero-order valence-corrected chi connectivity index (χ0v) is 19.3. The zero-order chi connectivity index (χ0) is 24.2. The Balaban J connectivity index is 1.83. The minimum Gasteiger partial charge on any atom is -0.425 e. The summed E-state index contributed by atoms with van der Waals surface area (Å²) in [5.74, 6) is 0.287. The fraction of sp³-hybridized carbons (Fsp3) is 0.292. The maximum Gasteiger partial charge on any atom is 0.304 e. The van der Waals surface area contributed by atoms with Gasteiger partial charge < -0.3 is 19.8 Å². The van der Waals surface area contributed by atoms with Crippen LogP contribution < -0.4 is 9.64 Å². The number of nitriles is 1. The summed E-state index contributed by atoms with van der Waals surface area (Å²) >= 11 is 6.03. The molecule has 176 valence electrons. The highest BCUT2D eigenvalue weighted by Gasteiger charge is 2.41. The molecule has 1 amide bonds. The van der Waals surface area contributed by atoms with Crippen LogP contribution in [0.4, 0.5) is 5.82 Å². The van der Waals surface area contributed by atoms with Gasteiger partial charge in [0.25, 0.3) is 5.91 Å². The quantitative estimate of drug-likeness (QED) is 0.507. The van der Waals surface area contributed by atoms with E-state index in [0.717, 1.165) is 5.56 Å². The molecule has 0 fully saturated rings. The van der Waals surface area contributed by atoms with Crippen LogP contribution in [0.3, 0.4) is 0 Å². The van der Waals surface area contributed by atoms with Gasteiger partial charge in [-0.15, -0.1) is 0 Å². The van der Waals surface area contributed by atoms with Crippen LogP contribution in [0.15, 0.2) is 48.5 Å². The molecule has 4 rings (SSSR count). The molecule has 0 saturated heterocycles. The van der Waals surface area contributed by atoms with E-state index >= 15 is 0 Å². The first kappa shape index (κ1) is 23.6. The van der Waals surface area contributed by atoms with Crippen LogP contribution in [-0.2, 0) is 6.54 Å². The molecular formula is C24H24ClN5O4. The Labute approximate surface area is 202 Å². The number of aromatic nitrogens is 2. The van der Waals surface area contributed by atoms with Gasteiger partial charge in [0.05, 0.1) is 18.2 Å². The minimum absolute atomic E-state index is 0.108. The van der Waals surface area contributed by atoms with Crippen LogP contribution in [0, 0.1) is 11.3 Å². The number of hydrogen-bond acceptors (Lipinski definition) is 7. The molecule has 0 saturated carbocycles. The van der Waals surface area contributed by atoms with Crippen molar-refractivity contribution < 1.29 is 19.7 Å². The van der Waals surface area contributed by atoms with Gasteiger partial charge in [0.2, 0.25) is 6.35 Å². The fourth-order valence-electron chi connectivity index (χ4n) is 3.85. The van der Waals surface area contributed by atoms with Crippen LogP contribution in [-0.4, -0.2) is 56.6 Å². The van der Waals surface area contributed by atoms with E-state index in [2.05, 4.69) is 11.1 Å². The number of imidazole rings is 1. The van der Waals surface area contributed by atoms with Gasteiger partial charge in [-0.25, -0.2) is 0 Å². The van der Waals surface area contributed by atoms with E-state index in [4.69, 9.17) is 16.3 Å². The van der Waals surface area contributed by atoms with Gasteiger partial charge in [-0.2, -0.15) is 10.2 Å². The van der Waals surface area contributed by atoms with Gasteiger partial charge in [0, 0.05) is 24.7 Å². The Hall–Kier alpha value is -3.58. The molecule has 1 aromatic heterocycles. The van der Waals surface area contributed by atoms with Gasteiger partial charge in [-0.1, -0.05) is 29.8 Å². The van der Waals surface area contributed by atoms with E-state index in [1.165, 1.54) is 4.90 Å². The van der Waals surface area contributed by atoms with Crippen molar-refractivity contribution >= 4 is 23.3 Å². The summed E-state index contributed by atoms with van der Waals surface area (Å²) in [6.07, 6.45) is -0.893. The van der Waals surface area contributed by atoms with Gasteiger partial charge in [-0.3, -0.25) is 14.3 Å². The number of amides is 1. The lowest BCUT2D eigenvalue weighted by Crippen LogP contribution is -2.56. The summed E-state index contributed by atoms with van der Waals surface area (Å²) in [6.45, 7) is 2.57. The molecule has 1 atom stereocenters. The minimum atomic E-state index is -1.22. The molecule has 3 aromatic rings. The molecule has 9 nitrogen and oxygen atoms in total. The Morgan fingerprint density at radius 3 is 2.65 bits per heavy atom. The van der Waals surface area contributed by atoms with Crippen molar-refractivity contribution in [1.29, 1.82) is 5.26 Å². The number of halogens is 1. The van der Waals surface area contributed by atoms with Crippen molar-refractivity contribution in [3.63, 3.8) is 0 Å². The molecule has 34 heavy (non-hydrogen) atoms. The predicted molar refractivity (Wildman–Crippen MR) is 126 cm³/mol. The summed E-state index contributed by atoms with van der Waals surface area (Å²) in [5, 5.41) is 29.9. The van der Waals surface area contributed by atoms with E-state index in [9.17, 15) is 20.3 Å². The third-order valence-corrected chi connectivity index (χ3v) is 5.78. The van der Waals surface area contributed by atoms with Crippen LogP contribution in [0.2, 0.25) is 5.02 Å². The van der Waals surface area contributed by atoms with Gasteiger partial charge in [-0.05, 0) is 49.2 Å². The van der Waals surface area contributed by atoms with Crippen molar-refractivity contribution in [2.75, 3.05) is 24.6 Å². The summed E-state index contributed by atoms with van der Waals surface area (Å²) in [5.41, 5.74) is 1.56. The summed E-state index contributed by atoms with van der Waals surface area (Å²) in [6, 6.07) is 16.1. The summed E-state index contributed by atoms with van der Waals surface area (Å²) in [7, 11) is 0. The molecule has 2 heterocycles. The summed E-state index contributed by atoms with van der Waals surface area (Å²) in [4.78, 5) is 21.0. The lowest BCUT2D eigenvalue weighted by molar-refractivity contribution is -0.00105. The monoisotopic (exact) mass is 481 g/mol. The van der Waals surface area contributed by atoms with E-state index < -0.39 is 12.3 Å². The predicted octanol–water partition coefficient (Wildman–Crippen LogP) is 3.19. The lowest BCUT2D eigenvalue weighted by Gasteiger charge is -2.40. The largest absolute Gasteiger partial charge is 0.425 e. The summed E-state index contributed by atoms with van der Waals surface area (Å²) < 4.78 is 7.70. The molecule has 10 heteroatoms. The number of anilines is 1. The molecule has 0 aliphatic carbocycles. The molecule has 2 N–H and O–H groups in total. The van der Waals surface area contributed by atoms with Crippen LogP contribution in [0.25, 0.3) is 0 Å². The Morgan fingerprint density at radius 1 is 1.21 bits per heavy atom. The average molecular weight is 482 g/mol. The maximum absolute atomic E-state index is 13.5. The topological polar surface area (TPSA) is 115 Å². The third-order valence-electron chi connectivity index (χ3n) is 5.53. The second-order valence-corrected chi connectivity index (χ2v) is 8.17. The van der Waals surface area contributed by atoms with Crippen LogP contribution in [0.1, 0.15) is 35.0 Å². The highest BCUT2D eigenvalue weighted by molar-refractivity contribution is 6.30. The van der Waals surface area contributed by atoms with E-state index in [-0.39, 0.29) is 31.4 Å². The highest BCUT2D eigenvalue weighted by atomic mass is 35.5. The van der Waals surface area contributed by atoms with Crippen molar-refractivity contribution in [2.45, 2.75) is 26.2 Å². The standard InChI is InChI=1S/C24H24ClN5O4/c1-2-28-21-20(22(32)29(24(28)33)11-4-12-31)30(15-16-7-9-18(25)10-8-16)23(27-21)34-19-6-3-5-17(13-19)14-26/h3,5-10,13,24,31,33H,2,4,11-12,15H2,1H3. The van der Waals surface area contributed by atoms with Gasteiger partial charge >= 0.3 is 6.01 Å². The van der Waals surface area contributed by atoms with Crippen molar-refractivity contribution in [1.82, 2.24) is 14.5 Å². The molecule has 0 spiro atoms. The van der Waals surface area contributed by atoms with Crippen LogP contribution in [0.5, 0.6) is 11.8 Å². The Kier molecular flexibility index (Phi) is 7.03. The molecule has 1 unspecified atom stereocenters. The lowest BCUT2D eigenvalue weighted by atomic mass is 10.2. The Morgan fingerprint density at radius 2 is 1.97 bits per heavy atom. The third kappa shape index (κ3) is 4.56.